The smallest absolute Gasteiger partial charge is 0.230 e. The van der Waals surface area contributed by atoms with Gasteiger partial charge >= 0.3 is 0 Å². The molecule has 0 spiro atoms. The zero-order valence-corrected chi connectivity index (χ0v) is 22.5. The van der Waals surface area contributed by atoms with Crippen LogP contribution in [0.15, 0.2) is 54.9 Å². The topological polar surface area (TPSA) is 127 Å². The molecule has 1 aromatic carbocycles. The third kappa shape index (κ3) is 5.28. The van der Waals surface area contributed by atoms with Gasteiger partial charge in [-0.3, -0.25) is 4.79 Å². The van der Waals surface area contributed by atoms with Gasteiger partial charge in [0.15, 0.2) is 5.65 Å². The molecule has 0 unspecified atom stereocenters. The molecule has 0 bridgehead atoms. The van der Waals surface area contributed by atoms with E-state index in [1.54, 1.807) is 15.6 Å². The fraction of sp³-hybridized carbons (Fsp3) is 0.357. The lowest BCUT2D eigenvalue weighted by Gasteiger charge is -2.33. The van der Waals surface area contributed by atoms with Crippen LogP contribution in [-0.2, 0) is 4.79 Å². The number of amides is 1. The summed E-state index contributed by atoms with van der Waals surface area (Å²) in [6, 6.07) is 13.2. The van der Waals surface area contributed by atoms with Gasteiger partial charge < -0.3 is 21.0 Å². The maximum atomic E-state index is 13.5. The highest BCUT2D eigenvalue weighted by Crippen LogP contribution is 2.40. The second kappa shape index (κ2) is 10.8. The Hall–Kier alpha value is -3.56. The van der Waals surface area contributed by atoms with E-state index in [1.165, 1.54) is 0 Å². The van der Waals surface area contributed by atoms with Gasteiger partial charge in [-0.2, -0.15) is 5.10 Å². The Bertz CT molecular complexity index is 1370. The number of aromatic carboxylic acids is 1. The number of rotatable bonds is 6. The number of anilines is 1. The molecule has 5 rings (SSSR count). The summed E-state index contributed by atoms with van der Waals surface area (Å²) in [6.45, 7) is 6.08. The number of nitrogens with zero attached hydrogens (tertiary/aromatic N) is 4. The van der Waals surface area contributed by atoms with Crippen LogP contribution in [0.25, 0.3) is 27.3 Å². The fourth-order valence-electron chi connectivity index (χ4n) is 4.98. The highest BCUT2D eigenvalue weighted by Gasteiger charge is 2.32. The Balaban J connectivity index is 0.00000320. The van der Waals surface area contributed by atoms with Crippen molar-refractivity contribution >= 4 is 34.5 Å². The molecule has 37 heavy (non-hydrogen) atoms. The summed E-state index contributed by atoms with van der Waals surface area (Å²) >= 11 is 1.15. The minimum Gasteiger partial charge on any atom is -0.544 e. The average Bonchev–Trinajstić information content (AvgIpc) is 3.49. The van der Waals surface area contributed by atoms with Gasteiger partial charge in [-0.05, 0) is 63.1 Å². The summed E-state index contributed by atoms with van der Waals surface area (Å²) in [5.74, 6) is -0.682. The second-order valence-electron chi connectivity index (χ2n) is 9.90. The van der Waals surface area contributed by atoms with Crippen LogP contribution in [0.5, 0.6) is 0 Å². The van der Waals surface area contributed by atoms with Gasteiger partial charge in [0.25, 0.3) is 0 Å². The first-order valence-corrected chi connectivity index (χ1v) is 13.2. The fourth-order valence-corrected chi connectivity index (χ4v) is 5.97. The number of fused-ring (bicyclic) bond motifs is 1. The van der Waals surface area contributed by atoms with Crippen LogP contribution in [-0.4, -0.2) is 32.5 Å². The molecule has 0 radical (unpaired) electrons. The molecule has 4 aromatic rings. The van der Waals surface area contributed by atoms with E-state index in [0.717, 1.165) is 64.4 Å². The number of carboxylic acids is 1. The Kier molecular flexibility index (Phi) is 7.75. The van der Waals surface area contributed by atoms with E-state index in [0.29, 0.717) is 11.6 Å². The van der Waals surface area contributed by atoms with Crippen LogP contribution in [0.3, 0.4) is 0 Å². The van der Waals surface area contributed by atoms with E-state index < -0.39 is 5.97 Å². The van der Waals surface area contributed by atoms with Crippen molar-refractivity contribution in [1.29, 1.82) is 0 Å². The van der Waals surface area contributed by atoms with Crippen LogP contribution in [0, 0.1) is 11.8 Å². The molecule has 1 aliphatic carbocycles. The van der Waals surface area contributed by atoms with Gasteiger partial charge in [0.1, 0.15) is 0 Å². The van der Waals surface area contributed by atoms with E-state index in [-0.39, 0.29) is 28.9 Å². The van der Waals surface area contributed by atoms with E-state index in [2.05, 4.69) is 17.0 Å². The molecule has 1 fully saturated rings. The maximum Gasteiger partial charge on any atom is 0.230 e. The third-order valence-corrected chi connectivity index (χ3v) is 8.13. The number of aromatic nitrogens is 3. The van der Waals surface area contributed by atoms with Gasteiger partial charge in [-0.15, -0.1) is 11.3 Å². The summed E-state index contributed by atoms with van der Waals surface area (Å²) in [6.07, 6.45) is 7.33. The van der Waals surface area contributed by atoms with Crippen molar-refractivity contribution in [3.8, 4) is 21.7 Å². The minimum absolute atomic E-state index is 0. The van der Waals surface area contributed by atoms with Crippen LogP contribution < -0.4 is 16.2 Å². The highest BCUT2D eigenvalue weighted by atomic mass is 32.1. The van der Waals surface area contributed by atoms with Gasteiger partial charge in [0, 0.05) is 40.9 Å². The number of carboxylic acid groups (broad SMARTS) is 1. The van der Waals surface area contributed by atoms with Crippen molar-refractivity contribution in [1.82, 2.24) is 20.7 Å². The quantitative estimate of drug-likeness (QED) is 0.363. The molecule has 1 aliphatic rings. The van der Waals surface area contributed by atoms with Crippen molar-refractivity contribution in [2.45, 2.75) is 52.5 Å². The van der Waals surface area contributed by atoms with Gasteiger partial charge in [0.2, 0.25) is 5.91 Å². The van der Waals surface area contributed by atoms with Crippen molar-refractivity contribution in [2.75, 3.05) is 4.90 Å². The number of quaternary nitrogens is 1. The van der Waals surface area contributed by atoms with Gasteiger partial charge in [0.05, 0.1) is 22.2 Å². The second-order valence-corrected chi connectivity index (χ2v) is 11.0. The molecular weight excluding hydrogens is 486 g/mol. The summed E-state index contributed by atoms with van der Waals surface area (Å²) in [5.41, 5.74) is 3.82. The van der Waals surface area contributed by atoms with E-state index in [9.17, 15) is 14.7 Å². The maximum absolute atomic E-state index is 13.5. The molecular formula is C28H33N5O3S. The van der Waals surface area contributed by atoms with Crippen molar-refractivity contribution in [2.24, 2.45) is 11.8 Å². The molecule has 0 atom stereocenters. The lowest BCUT2D eigenvalue weighted by molar-refractivity contribution is -0.254. The molecule has 0 saturated heterocycles. The van der Waals surface area contributed by atoms with Crippen molar-refractivity contribution in [3.05, 3.63) is 59.7 Å². The van der Waals surface area contributed by atoms with Crippen LogP contribution in [0.4, 0.5) is 5.69 Å². The highest BCUT2D eigenvalue weighted by molar-refractivity contribution is 7.18. The molecule has 4 N–H and O–H groups in total. The predicted molar refractivity (Wildman–Crippen MR) is 146 cm³/mol. The Morgan fingerprint density at radius 2 is 1.76 bits per heavy atom. The number of carbonyl (C=O) groups excluding carboxylic acids is 2. The minimum atomic E-state index is -1.26. The van der Waals surface area contributed by atoms with Crippen molar-refractivity contribution in [3.63, 3.8) is 0 Å². The lowest BCUT2D eigenvalue weighted by Crippen LogP contribution is -2.43. The molecule has 0 aliphatic heterocycles. The molecule has 1 saturated carbocycles. The monoisotopic (exact) mass is 519 g/mol. The molecule has 194 valence electrons. The summed E-state index contributed by atoms with van der Waals surface area (Å²) in [4.78, 5) is 32.5. The Morgan fingerprint density at radius 3 is 2.38 bits per heavy atom. The first kappa shape index (κ1) is 26.5. The average molecular weight is 520 g/mol. The third-order valence-electron chi connectivity index (χ3n) is 6.98. The van der Waals surface area contributed by atoms with E-state index in [4.69, 9.17) is 0 Å². The number of hydrogen-bond acceptors (Lipinski definition) is 6. The molecule has 1 amide bonds. The standard InChI is InChI=1S/C28H30N4O3S.H3N/c1-17(2)32(27(33)21-7-5-18(3)6-8-21)23-16-24(36-26(23)28(34)35)20-11-9-19(10-12-20)22-15-25-29-13-4-14-31(25)30-22;/h4,9-18,21H,5-8H2,1-3H3,(H,34,35);1H3. The van der Waals surface area contributed by atoms with E-state index in [1.807, 2.05) is 62.5 Å². The predicted octanol–water partition coefficient (Wildman–Crippen LogP) is 5.43. The van der Waals surface area contributed by atoms with Gasteiger partial charge in [-0.1, -0.05) is 31.2 Å². The summed E-state index contributed by atoms with van der Waals surface area (Å²) in [5, 5.41) is 16.7. The first-order valence-electron chi connectivity index (χ1n) is 12.4. The number of benzene rings is 1. The van der Waals surface area contributed by atoms with Gasteiger partial charge in [-0.25, -0.2) is 9.50 Å². The molecule has 3 aromatic heterocycles. The molecule has 8 nitrogen and oxygen atoms in total. The number of thiophene rings is 1. The SMILES string of the molecule is CC1CCC(C(=O)N(c2cc(-c3ccc(-c4cc5ncccn5n4)cc3)sc2C(=O)[O-])C(C)C)CC1.[NH4+]. The van der Waals surface area contributed by atoms with Crippen LogP contribution in [0.1, 0.15) is 56.1 Å². The number of carbonyl (C=O) groups is 2. The van der Waals surface area contributed by atoms with Crippen LogP contribution >= 0.6 is 11.3 Å². The lowest BCUT2D eigenvalue weighted by atomic mass is 9.82. The van der Waals surface area contributed by atoms with Crippen LogP contribution in [0.2, 0.25) is 0 Å². The largest absolute Gasteiger partial charge is 0.544 e. The molecule has 3 heterocycles. The Morgan fingerprint density at radius 1 is 1.08 bits per heavy atom. The van der Waals surface area contributed by atoms with Crippen molar-refractivity contribution < 1.29 is 14.7 Å². The summed E-state index contributed by atoms with van der Waals surface area (Å²) < 4.78 is 1.73. The normalized spacial score (nSPS) is 17.5. The molecule has 9 heteroatoms. The zero-order chi connectivity index (χ0) is 25.4. The summed E-state index contributed by atoms with van der Waals surface area (Å²) in [7, 11) is 0. The number of hydrogen-bond donors (Lipinski definition) is 1. The first-order chi connectivity index (χ1) is 17.3. The Labute approximate surface area is 220 Å². The zero-order valence-electron chi connectivity index (χ0n) is 21.7. The van der Waals surface area contributed by atoms with E-state index >= 15 is 0 Å².